The first-order valence-electron chi connectivity index (χ1n) is 7.12. The average molecular weight is 257 g/mol. The number of likely N-dealkylation sites (tertiary alicyclic amines) is 1. The van der Waals surface area contributed by atoms with Crippen molar-refractivity contribution in [2.45, 2.75) is 50.7 Å². The molecule has 0 radical (unpaired) electrons. The van der Waals surface area contributed by atoms with Crippen LogP contribution in [0, 0.1) is 0 Å². The van der Waals surface area contributed by atoms with Gasteiger partial charge in [-0.05, 0) is 67.3 Å². The van der Waals surface area contributed by atoms with E-state index in [1.165, 1.54) is 25.9 Å². The Kier molecular flexibility index (Phi) is 6.05. The fourth-order valence-corrected chi connectivity index (χ4v) is 2.80. The van der Waals surface area contributed by atoms with Crippen molar-refractivity contribution in [1.29, 1.82) is 0 Å². The number of piperidine rings is 1. The molecule has 2 unspecified atom stereocenters. The molecule has 4 nitrogen and oxygen atoms in total. The van der Waals surface area contributed by atoms with Crippen LogP contribution in [0.25, 0.3) is 0 Å². The molecular formula is C14H31N3O. The molecule has 0 amide bonds. The van der Waals surface area contributed by atoms with E-state index in [0.29, 0.717) is 12.1 Å². The molecule has 0 aromatic heterocycles. The first-order valence-corrected chi connectivity index (χ1v) is 7.12. The summed E-state index contributed by atoms with van der Waals surface area (Å²) in [7, 11) is 6.36. The summed E-state index contributed by atoms with van der Waals surface area (Å²) in [6, 6.07) is 1.18. The molecule has 1 rings (SSSR count). The Morgan fingerprint density at radius 1 is 1.44 bits per heavy atom. The summed E-state index contributed by atoms with van der Waals surface area (Å²) in [5.41, 5.74) is -0.168. The highest BCUT2D eigenvalue weighted by Crippen LogP contribution is 2.21. The lowest BCUT2D eigenvalue weighted by molar-refractivity contribution is 0.0809. The number of rotatable bonds is 6. The number of hydrogen-bond acceptors (Lipinski definition) is 4. The maximum absolute atomic E-state index is 9.47. The predicted octanol–water partition coefficient (Wildman–Crippen LogP) is 0.761. The molecule has 1 fully saturated rings. The molecule has 0 spiro atoms. The summed E-state index contributed by atoms with van der Waals surface area (Å²) in [6.45, 7) is 6.95. The van der Waals surface area contributed by atoms with Crippen molar-refractivity contribution in [3.05, 3.63) is 0 Å². The fraction of sp³-hybridized carbons (Fsp3) is 1.00. The summed E-state index contributed by atoms with van der Waals surface area (Å²) in [5.74, 6) is 0. The number of hydrogen-bond donors (Lipinski definition) is 2. The molecule has 0 bridgehead atoms. The second-order valence-corrected chi connectivity index (χ2v) is 6.22. The molecule has 0 aromatic rings. The van der Waals surface area contributed by atoms with E-state index in [1.807, 2.05) is 7.05 Å². The van der Waals surface area contributed by atoms with Gasteiger partial charge in [-0.1, -0.05) is 0 Å². The van der Waals surface area contributed by atoms with Crippen LogP contribution < -0.4 is 5.32 Å². The Labute approximate surface area is 112 Å². The van der Waals surface area contributed by atoms with Crippen LogP contribution in [0.4, 0.5) is 0 Å². The highest BCUT2D eigenvalue weighted by molar-refractivity contribution is 4.88. The van der Waals surface area contributed by atoms with Crippen molar-refractivity contribution in [3.63, 3.8) is 0 Å². The Hall–Kier alpha value is -0.160. The predicted molar refractivity (Wildman–Crippen MR) is 76.9 cm³/mol. The molecule has 1 heterocycles. The third kappa shape index (κ3) is 4.19. The van der Waals surface area contributed by atoms with Crippen molar-refractivity contribution in [1.82, 2.24) is 15.1 Å². The van der Waals surface area contributed by atoms with Crippen LogP contribution in [0.15, 0.2) is 0 Å². The summed E-state index contributed by atoms with van der Waals surface area (Å²) >= 11 is 0. The molecule has 2 atom stereocenters. The van der Waals surface area contributed by atoms with Gasteiger partial charge in [0.1, 0.15) is 0 Å². The number of nitrogens with zero attached hydrogens (tertiary/aromatic N) is 2. The molecule has 1 aliphatic heterocycles. The van der Waals surface area contributed by atoms with Crippen LogP contribution in [-0.4, -0.2) is 73.4 Å². The van der Waals surface area contributed by atoms with Crippen molar-refractivity contribution in [3.8, 4) is 0 Å². The first kappa shape index (κ1) is 15.9. The molecule has 18 heavy (non-hydrogen) atoms. The SMILES string of the molecule is CNC(C)(CO)CC(C)N(C)C1CCN(C)CC1. The minimum atomic E-state index is -0.168. The maximum Gasteiger partial charge on any atom is 0.0611 e. The lowest BCUT2D eigenvalue weighted by Crippen LogP contribution is -2.51. The molecule has 1 saturated heterocycles. The molecule has 0 saturated carbocycles. The number of aliphatic hydroxyl groups excluding tert-OH is 1. The van der Waals surface area contributed by atoms with Gasteiger partial charge in [0.05, 0.1) is 6.61 Å². The third-order valence-electron chi connectivity index (χ3n) is 4.66. The largest absolute Gasteiger partial charge is 0.394 e. The van der Waals surface area contributed by atoms with Crippen molar-refractivity contribution >= 4 is 0 Å². The first-order chi connectivity index (χ1) is 8.41. The standard InChI is InChI=1S/C14H31N3O/c1-12(10-14(2,11-18)15-3)17(5)13-6-8-16(4)9-7-13/h12-13,15,18H,6-11H2,1-5H3. The molecular weight excluding hydrogens is 226 g/mol. The summed E-state index contributed by atoms with van der Waals surface area (Å²) < 4.78 is 0. The zero-order valence-corrected chi connectivity index (χ0v) is 12.7. The van der Waals surface area contributed by atoms with E-state index in [4.69, 9.17) is 0 Å². The van der Waals surface area contributed by atoms with Crippen molar-refractivity contribution < 1.29 is 5.11 Å². The third-order valence-corrected chi connectivity index (χ3v) is 4.66. The Balaban J connectivity index is 2.48. The maximum atomic E-state index is 9.47. The van der Waals surface area contributed by atoms with E-state index < -0.39 is 0 Å². The van der Waals surface area contributed by atoms with Crippen LogP contribution in [0.5, 0.6) is 0 Å². The zero-order valence-electron chi connectivity index (χ0n) is 12.7. The van der Waals surface area contributed by atoms with Crippen LogP contribution in [0.3, 0.4) is 0 Å². The number of nitrogens with one attached hydrogen (secondary N) is 1. The normalized spacial score (nSPS) is 24.2. The monoisotopic (exact) mass is 257 g/mol. The Morgan fingerprint density at radius 3 is 2.44 bits per heavy atom. The minimum absolute atomic E-state index is 0.168. The average Bonchev–Trinajstić information content (AvgIpc) is 2.38. The number of aliphatic hydroxyl groups is 1. The number of likely N-dealkylation sites (N-methyl/N-ethyl adjacent to an activating group) is 1. The summed E-state index contributed by atoms with van der Waals surface area (Å²) in [4.78, 5) is 4.90. The van der Waals surface area contributed by atoms with E-state index >= 15 is 0 Å². The Bertz CT molecular complexity index is 235. The highest BCUT2D eigenvalue weighted by Gasteiger charge is 2.29. The van der Waals surface area contributed by atoms with Gasteiger partial charge in [0.15, 0.2) is 0 Å². The van der Waals surface area contributed by atoms with Gasteiger partial charge in [0.2, 0.25) is 0 Å². The van der Waals surface area contributed by atoms with Gasteiger partial charge in [-0.3, -0.25) is 0 Å². The fourth-order valence-electron chi connectivity index (χ4n) is 2.80. The molecule has 1 aliphatic rings. The molecule has 0 aromatic carbocycles. The zero-order chi connectivity index (χ0) is 13.8. The second-order valence-electron chi connectivity index (χ2n) is 6.22. The van der Waals surface area contributed by atoms with Crippen LogP contribution in [0.1, 0.15) is 33.1 Å². The quantitative estimate of drug-likeness (QED) is 0.737. The summed E-state index contributed by atoms with van der Waals surface area (Å²) in [5, 5.41) is 12.7. The lowest BCUT2D eigenvalue weighted by Gasteiger charge is -2.41. The molecule has 0 aliphatic carbocycles. The minimum Gasteiger partial charge on any atom is -0.394 e. The van der Waals surface area contributed by atoms with Gasteiger partial charge in [-0.25, -0.2) is 0 Å². The van der Waals surface area contributed by atoms with E-state index in [9.17, 15) is 5.11 Å². The lowest BCUT2D eigenvalue weighted by atomic mass is 9.92. The van der Waals surface area contributed by atoms with Gasteiger partial charge in [-0.15, -0.1) is 0 Å². The van der Waals surface area contributed by atoms with Crippen molar-refractivity contribution in [2.75, 3.05) is 40.8 Å². The van der Waals surface area contributed by atoms with Gasteiger partial charge in [-0.2, -0.15) is 0 Å². The smallest absolute Gasteiger partial charge is 0.0611 e. The highest BCUT2D eigenvalue weighted by atomic mass is 16.3. The van der Waals surface area contributed by atoms with Gasteiger partial charge in [0, 0.05) is 17.6 Å². The van der Waals surface area contributed by atoms with Crippen LogP contribution >= 0.6 is 0 Å². The van der Waals surface area contributed by atoms with E-state index in [2.05, 4.69) is 43.1 Å². The summed E-state index contributed by atoms with van der Waals surface area (Å²) in [6.07, 6.45) is 3.49. The van der Waals surface area contributed by atoms with E-state index in [0.717, 1.165) is 6.42 Å². The van der Waals surface area contributed by atoms with E-state index in [1.54, 1.807) is 0 Å². The van der Waals surface area contributed by atoms with Crippen molar-refractivity contribution in [2.24, 2.45) is 0 Å². The van der Waals surface area contributed by atoms with Gasteiger partial charge in [0.25, 0.3) is 0 Å². The Morgan fingerprint density at radius 2 is 2.00 bits per heavy atom. The molecule has 2 N–H and O–H groups in total. The molecule has 4 heteroatoms. The second kappa shape index (κ2) is 6.85. The van der Waals surface area contributed by atoms with Crippen LogP contribution in [0.2, 0.25) is 0 Å². The van der Waals surface area contributed by atoms with E-state index in [-0.39, 0.29) is 12.1 Å². The molecule has 108 valence electrons. The van der Waals surface area contributed by atoms with Crippen LogP contribution in [-0.2, 0) is 0 Å². The topological polar surface area (TPSA) is 38.7 Å². The van der Waals surface area contributed by atoms with Gasteiger partial charge >= 0.3 is 0 Å². The van der Waals surface area contributed by atoms with Gasteiger partial charge < -0.3 is 20.2 Å².